The van der Waals surface area contributed by atoms with Gasteiger partial charge in [0.25, 0.3) is 0 Å². The van der Waals surface area contributed by atoms with Gasteiger partial charge in [0.15, 0.2) is 6.10 Å². The van der Waals surface area contributed by atoms with E-state index in [9.17, 15) is 14.4 Å². The van der Waals surface area contributed by atoms with Crippen molar-refractivity contribution in [1.82, 2.24) is 0 Å². The van der Waals surface area contributed by atoms with Crippen molar-refractivity contribution in [2.75, 3.05) is 13.2 Å². The number of allylic oxidation sites excluding steroid dienone is 24. The van der Waals surface area contributed by atoms with Crippen molar-refractivity contribution in [3.63, 3.8) is 0 Å². The van der Waals surface area contributed by atoms with E-state index in [4.69, 9.17) is 14.2 Å². The number of carbonyl (C=O) groups excluding carboxylic acids is 3. The van der Waals surface area contributed by atoms with E-state index in [1.165, 1.54) is 44.9 Å². The monoisotopic (exact) mass is 1030 g/mol. The molecule has 6 heteroatoms. The third-order valence-electron chi connectivity index (χ3n) is 12.3. The maximum atomic E-state index is 12.8. The molecule has 0 spiro atoms. The molecule has 0 aromatic rings. The van der Waals surface area contributed by atoms with Crippen LogP contribution in [0.5, 0.6) is 0 Å². The predicted molar refractivity (Wildman–Crippen MR) is 325 cm³/mol. The second-order valence-corrected chi connectivity index (χ2v) is 19.5. The molecule has 0 rings (SSSR count). The van der Waals surface area contributed by atoms with Gasteiger partial charge in [-0.3, -0.25) is 14.4 Å². The van der Waals surface area contributed by atoms with Crippen molar-refractivity contribution in [3.05, 3.63) is 146 Å². The van der Waals surface area contributed by atoms with Crippen molar-refractivity contribution in [1.29, 1.82) is 0 Å². The molecule has 0 bridgehead atoms. The summed E-state index contributed by atoms with van der Waals surface area (Å²) in [5, 5.41) is 0. The highest BCUT2D eigenvalue weighted by atomic mass is 16.6. The average Bonchev–Trinajstić information content (AvgIpc) is 3.41. The van der Waals surface area contributed by atoms with Gasteiger partial charge in [-0.05, 0) is 122 Å². The molecule has 75 heavy (non-hydrogen) atoms. The summed E-state index contributed by atoms with van der Waals surface area (Å²) in [6.07, 6.45) is 88.8. The highest BCUT2D eigenvalue weighted by Crippen LogP contribution is 2.14. The van der Waals surface area contributed by atoms with E-state index in [2.05, 4.69) is 167 Å². The molecule has 6 nitrogen and oxygen atoms in total. The number of unbranched alkanes of at least 4 members (excludes halogenated alkanes) is 18. The standard InChI is InChI=1S/C69H110O6/c1-4-7-10-13-15-17-19-21-23-25-27-29-31-33-34-36-37-39-41-43-45-47-49-51-53-56-59-62-68(71)74-65-66(64-73-67(70)61-58-55-12-9-6-3)75-69(72)63-60-57-54-52-50-48-46-44-42-40-38-35-32-30-28-26-24-22-20-18-16-14-11-8-5-2/h7-8,10-11,15-18,21-24,27-30,33-35,37-39,42,44,66H,4-6,9,12-14,19-20,25-26,31-32,36,40-41,43,45-65H2,1-3H3/b10-7-,11-8-,17-15-,18-16-,23-21-,24-22-,29-27-,30-28-,34-33-,38-35-,39-37-,44-42-. The molecule has 422 valence electrons. The predicted octanol–water partition coefficient (Wildman–Crippen LogP) is 20.8. The molecule has 0 amide bonds. The Morgan fingerprint density at radius 2 is 0.520 bits per heavy atom. The van der Waals surface area contributed by atoms with Crippen LogP contribution in [0.4, 0.5) is 0 Å². The van der Waals surface area contributed by atoms with Crippen molar-refractivity contribution in [3.8, 4) is 0 Å². The van der Waals surface area contributed by atoms with Crippen molar-refractivity contribution in [2.45, 2.75) is 258 Å². The van der Waals surface area contributed by atoms with E-state index in [0.29, 0.717) is 19.3 Å². The molecule has 0 aliphatic carbocycles. The Morgan fingerprint density at radius 3 is 0.813 bits per heavy atom. The minimum absolute atomic E-state index is 0.0923. The van der Waals surface area contributed by atoms with Crippen LogP contribution in [0.25, 0.3) is 0 Å². The maximum Gasteiger partial charge on any atom is 0.306 e. The first-order chi connectivity index (χ1) is 37.0. The fraction of sp³-hybridized carbons (Fsp3) is 0.609. The minimum atomic E-state index is -0.793. The number of hydrogen-bond donors (Lipinski definition) is 0. The first-order valence-corrected chi connectivity index (χ1v) is 30.3. The number of carbonyl (C=O) groups is 3. The first kappa shape index (κ1) is 70.3. The third kappa shape index (κ3) is 60.0. The molecule has 1 unspecified atom stereocenters. The summed E-state index contributed by atoms with van der Waals surface area (Å²) in [4.78, 5) is 37.9. The van der Waals surface area contributed by atoms with Crippen LogP contribution >= 0.6 is 0 Å². The molecular formula is C69H110O6. The number of esters is 3. The van der Waals surface area contributed by atoms with E-state index in [-0.39, 0.29) is 31.1 Å². The van der Waals surface area contributed by atoms with Gasteiger partial charge in [0.2, 0.25) is 0 Å². The molecule has 0 heterocycles. The zero-order valence-electron chi connectivity index (χ0n) is 48.3. The fourth-order valence-electron chi connectivity index (χ4n) is 7.86. The maximum absolute atomic E-state index is 12.8. The van der Waals surface area contributed by atoms with Gasteiger partial charge in [-0.2, -0.15) is 0 Å². The van der Waals surface area contributed by atoms with Crippen LogP contribution < -0.4 is 0 Å². The SMILES string of the molecule is CC/C=C\C/C=C\C/C=C\C/C=C\C/C=C\C/C=C\CCCCCCCCCCC(=O)OCC(COC(=O)CCCCCCC)OC(=O)CCCCCCCC/C=C\C/C=C\C/C=C\C/C=C\C/C=C\C/C=C\CC. The zero-order valence-corrected chi connectivity index (χ0v) is 48.3. The summed E-state index contributed by atoms with van der Waals surface area (Å²) >= 11 is 0. The lowest BCUT2D eigenvalue weighted by Gasteiger charge is -2.18. The highest BCUT2D eigenvalue weighted by molar-refractivity contribution is 5.71. The van der Waals surface area contributed by atoms with Gasteiger partial charge in [-0.25, -0.2) is 0 Å². The molecule has 0 N–H and O–H groups in total. The Hall–Kier alpha value is -4.71. The molecule has 0 saturated carbocycles. The van der Waals surface area contributed by atoms with E-state index >= 15 is 0 Å². The topological polar surface area (TPSA) is 78.9 Å². The van der Waals surface area contributed by atoms with E-state index < -0.39 is 6.10 Å². The Labute approximate surface area is 461 Å². The van der Waals surface area contributed by atoms with Crippen LogP contribution in [0.1, 0.15) is 252 Å². The van der Waals surface area contributed by atoms with Crippen molar-refractivity contribution >= 4 is 17.9 Å². The Morgan fingerprint density at radius 1 is 0.280 bits per heavy atom. The summed E-state index contributed by atoms with van der Waals surface area (Å²) in [7, 11) is 0. The van der Waals surface area contributed by atoms with Gasteiger partial charge in [-0.15, -0.1) is 0 Å². The van der Waals surface area contributed by atoms with Gasteiger partial charge in [0, 0.05) is 19.3 Å². The molecule has 0 aromatic heterocycles. The molecule has 0 fully saturated rings. The molecule has 0 aromatic carbocycles. The van der Waals surface area contributed by atoms with Crippen LogP contribution in [0.2, 0.25) is 0 Å². The van der Waals surface area contributed by atoms with Gasteiger partial charge >= 0.3 is 17.9 Å². The average molecular weight is 1040 g/mol. The second-order valence-electron chi connectivity index (χ2n) is 19.5. The molecule has 0 radical (unpaired) electrons. The lowest BCUT2D eigenvalue weighted by Crippen LogP contribution is -2.30. The first-order valence-electron chi connectivity index (χ1n) is 30.3. The third-order valence-corrected chi connectivity index (χ3v) is 12.3. The zero-order chi connectivity index (χ0) is 54.3. The van der Waals surface area contributed by atoms with Crippen LogP contribution in [0.3, 0.4) is 0 Å². The largest absolute Gasteiger partial charge is 0.462 e. The van der Waals surface area contributed by atoms with Crippen LogP contribution in [-0.4, -0.2) is 37.2 Å². The van der Waals surface area contributed by atoms with Gasteiger partial charge < -0.3 is 14.2 Å². The van der Waals surface area contributed by atoms with Crippen molar-refractivity contribution in [2.24, 2.45) is 0 Å². The Kier molecular flexibility index (Phi) is 58.0. The molecule has 1 atom stereocenters. The van der Waals surface area contributed by atoms with E-state index in [1.54, 1.807) is 0 Å². The summed E-state index contributed by atoms with van der Waals surface area (Å²) in [6, 6.07) is 0. The highest BCUT2D eigenvalue weighted by Gasteiger charge is 2.19. The molecule has 0 saturated heterocycles. The van der Waals surface area contributed by atoms with E-state index in [1.807, 2.05) is 0 Å². The van der Waals surface area contributed by atoms with E-state index in [0.717, 1.165) is 167 Å². The lowest BCUT2D eigenvalue weighted by molar-refractivity contribution is -0.167. The Bertz CT molecular complexity index is 1660. The number of hydrogen-bond acceptors (Lipinski definition) is 6. The van der Waals surface area contributed by atoms with Gasteiger partial charge in [-0.1, -0.05) is 256 Å². The normalized spacial score (nSPS) is 13.2. The smallest absolute Gasteiger partial charge is 0.306 e. The second kappa shape index (κ2) is 61.8. The van der Waals surface area contributed by atoms with Gasteiger partial charge in [0.1, 0.15) is 13.2 Å². The number of ether oxygens (including phenoxy) is 3. The summed E-state index contributed by atoms with van der Waals surface area (Å²) < 4.78 is 16.7. The summed E-state index contributed by atoms with van der Waals surface area (Å²) in [5.41, 5.74) is 0. The lowest BCUT2D eigenvalue weighted by atomic mass is 10.1. The van der Waals surface area contributed by atoms with Crippen molar-refractivity contribution < 1.29 is 28.6 Å². The minimum Gasteiger partial charge on any atom is -0.462 e. The van der Waals surface area contributed by atoms with Gasteiger partial charge in [0.05, 0.1) is 0 Å². The fourth-order valence-corrected chi connectivity index (χ4v) is 7.86. The molecule has 0 aliphatic rings. The summed E-state index contributed by atoms with van der Waals surface area (Å²) in [5.74, 6) is -0.934. The molecular weight excluding hydrogens is 925 g/mol. The van der Waals surface area contributed by atoms with Crippen LogP contribution in [0.15, 0.2) is 146 Å². The Balaban J connectivity index is 4.17. The summed E-state index contributed by atoms with van der Waals surface area (Å²) in [6.45, 7) is 6.30. The molecule has 0 aliphatic heterocycles. The van der Waals surface area contributed by atoms with Crippen LogP contribution in [0, 0.1) is 0 Å². The number of rotatable bonds is 53. The van der Waals surface area contributed by atoms with Crippen LogP contribution in [-0.2, 0) is 28.6 Å². The quantitative estimate of drug-likeness (QED) is 0.0261.